The first kappa shape index (κ1) is 17.6. The van der Waals surface area contributed by atoms with Gasteiger partial charge in [0.2, 0.25) is 0 Å². The zero-order chi connectivity index (χ0) is 17.4. The monoisotopic (exact) mass is 342 g/mol. The lowest BCUT2D eigenvalue weighted by molar-refractivity contribution is -0.163. The van der Waals surface area contributed by atoms with E-state index in [0.29, 0.717) is 0 Å². The summed E-state index contributed by atoms with van der Waals surface area (Å²) in [7, 11) is -0.515. The van der Waals surface area contributed by atoms with Gasteiger partial charge in [0.1, 0.15) is 5.60 Å². The van der Waals surface area contributed by atoms with E-state index >= 15 is 0 Å². The van der Waals surface area contributed by atoms with E-state index in [4.69, 9.17) is 9.47 Å². The number of hydrogen-bond donors (Lipinski definition) is 0. The molecule has 0 saturated carbocycles. The summed E-state index contributed by atoms with van der Waals surface area (Å²) in [6.45, 7) is 10.5. The van der Waals surface area contributed by atoms with Crippen LogP contribution in [0.25, 0.3) is 0 Å². The molecule has 1 atom stereocenters. The van der Waals surface area contributed by atoms with E-state index in [2.05, 4.69) is 81.4 Å². The maximum absolute atomic E-state index is 6.42. The van der Waals surface area contributed by atoms with E-state index in [0.717, 1.165) is 6.16 Å². The van der Waals surface area contributed by atoms with Gasteiger partial charge in [0.25, 0.3) is 0 Å². The van der Waals surface area contributed by atoms with Gasteiger partial charge in [-0.15, -0.1) is 0 Å². The molecule has 2 nitrogen and oxygen atoms in total. The Bertz CT molecular complexity index is 642. The Hall–Kier alpha value is -1.21. The highest BCUT2D eigenvalue weighted by atomic mass is 31.1. The Morgan fingerprint density at radius 2 is 1.17 bits per heavy atom. The van der Waals surface area contributed by atoms with Crippen molar-refractivity contribution in [3.05, 3.63) is 60.7 Å². The quantitative estimate of drug-likeness (QED) is 0.765. The molecule has 0 bridgehead atoms. The Kier molecular flexibility index (Phi) is 4.59. The van der Waals surface area contributed by atoms with Gasteiger partial charge in [-0.2, -0.15) is 0 Å². The minimum atomic E-state index is -0.549. The molecule has 1 fully saturated rings. The van der Waals surface area contributed by atoms with Crippen molar-refractivity contribution >= 4 is 18.5 Å². The van der Waals surface area contributed by atoms with E-state index in [1.165, 1.54) is 10.6 Å². The second kappa shape index (κ2) is 6.26. The lowest BCUT2D eigenvalue weighted by Gasteiger charge is -2.37. The fourth-order valence-corrected chi connectivity index (χ4v) is 6.26. The van der Waals surface area contributed by atoms with Gasteiger partial charge in [-0.25, -0.2) is 0 Å². The van der Waals surface area contributed by atoms with Gasteiger partial charge in [-0.1, -0.05) is 60.7 Å². The summed E-state index contributed by atoms with van der Waals surface area (Å²) in [5.41, 5.74) is -0.672. The molecule has 0 N–H and O–H groups in total. The topological polar surface area (TPSA) is 18.5 Å². The number of ether oxygens (including phenoxy) is 2. The van der Waals surface area contributed by atoms with Gasteiger partial charge >= 0.3 is 0 Å². The van der Waals surface area contributed by atoms with Crippen LogP contribution in [-0.4, -0.2) is 23.2 Å². The molecule has 0 aromatic heterocycles. The third kappa shape index (κ3) is 3.42. The van der Waals surface area contributed by atoms with Crippen molar-refractivity contribution in [1.82, 2.24) is 0 Å². The van der Waals surface area contributed by atoms with Gasteiger partial charge in [-0.3, -0.25) is 0 Å². The van der Waals surface area contributed by atoms with Crippen LogP contribution in [0.5, 0.6) is 0 Å². The van der Waals surface area contributed by atoms with Crippen molar-refractivity contribution in [3.8, 4) is 0 Å². The second-order valence-corrected chi connectivity index (χ2v) is 9.81. The molecule has 1 aliphatic heterocycles. The van der Waals surface area contributed by atoms with Crippen molar-refractivity contribution in [1.29, 1.82) is 0 Å². The molecule has 1 aliphatic rings. The Balaban J connectivity index is 1.99. The van der Waals surface area contributed by atoms with Crippen LogP contribution >= 0.6 is 7.92 Å². The van der Waals surface area contributed by atoms with Crippen molar-refractivity contribution in [3.63, 3.8) is 0 Å². The summed E-state index contributed by atoms with van der Waals surface area (Å²) in [6.07, 6.45) is 0.937. The Morgan fingerprint density at radius 3 is 1.54 bits per heavy atom. The maximum atomic E-state index is 6.42. The first-order valence-electron chi connectivity index (χ1n) is 8.50. The summed E-state index contributed by atoms with van der Waals surface area (Å²) in [6, 6.07) is 21.6. The van der Waals surface area contributed by atoms with E-state index in [1.54, 1.807) is 0 Å². The summed E-state index contributed by atoms with van der Waals surface area (Å²) in [5, 5.41) is 2.76. The molecule has 3 heteroatoms. The van der Waals surface area contributed by atoms with Crippen LogP contribution < -0.4 is 10.6 Å². The van der Waals surface area contributed by atoms with E-state index < -0.39 is 13.7 Å². The minimum absolute atomic E-state index is 0.333. The summed E-state index contributed by atoms with van der Waals surface area (Å²) >= 11 is 0. The van der Waals surface area contributed by atoms with Crippen molar-refractivity contribution in [2.24, 2.45) is 0 Å². The standard InChI is InChI=1S/C21H27O2P/c1-19(2)21(5,23-20(3,4)22-19)16-24(17-12-8-6-9-13-17)18-14-10-7-11-15-18/h6-15H,16H2,1-5H3/t21-/m1/s1. The first-order chi connectivity index (χ1) is 11.2. The third-order valence-corrected chi connectivity index (χ3v) is 7.60. The van der Waals surface area contributed by atoms with Crippen LogP contribution in [0.15, 0.2) is 60.7 Å². The maximum Gasteiger partial charge on any atom is 0.164 e. The SMILES string of the molecule is CC1(C)OC(C)(C)[C@@](C)(CP(c2ccccc2)c2ccccc2)O1. The van der Waals surface area contributed by atoms with E-state index in [-0.39, 0.29) is 11.2 Å². The van der Waals surface area contributed by atoms with Crippen molar-refractivity contribution in [2.75, 3.05) is 6.16 Å². The van der Waals surface area contributed by atoms with Gasteiger partial charge in [0.15, 0.2) is 5.79 Å². The highest BCUT2D eigenvalue weighted by molar-refractivity contribution is 7.73. The largest absolute Gasteiger partial charge is 0.342 e. The predicted molar refractivity (Wildman–Crippen MR) is 103 cm³/mol. The molecule has 1 saturated heterocycles. The van der Waals surface area contributed by atoms with Crippen LogP contribution in [0.2, 0.25) is 0 Å². The van der Waals surface area contributed by atoms with E-state index in [1.807, 2.05) is 13.8 Å². The van der Waals surface area contributed by atoms with Gasteiger partial charge < -0.3 is 9.47 Å². The fraction of sp³-hybridized carbons (Fsp3) is 0.429. The normalized spacial score (nSPS) is 25.1. The number of rotatable bonds is 4. The molecule has 0 radical (unpaired) electrons. The predicted octanol–water partition coefficient (Wildman–Crippen LogP) is 4.44. The smallest absolute Gasteiger partial charge is 0.164 e. The highest BCUT2D eigenvalue weighted by Gasteiger charge is 2.56. The van der Waals surface area contributed by atoms with Gasteiger partial charge in [-0.05, 0) is 53.1 Å². The molecule has 0 amide bonds. The zero-order valence-electron chi connectivity index (χ0n) is 15.2. The highest BCUT2D eigenvalue weighted by Crippen LogP contribution is 2.50. The third-order valence-electron chi connectivity index (χ3n) is 4.84. The van der Waals surface area contributed by atoms with E-state index in [9.17, 15) is 0 Å². The molecule has 0 aliphatic carbocycles. The molecule has 0 unspecified atom stereocenters. The Morgan fingerprint density at radius 1 is 0.708 bits per heavy atom. The summed E-state index contributed by atoms with van der Waals surface area (Å²) in [5.74, 6) is -0.549. The lowest BCUT2D eigenvalue weighted by atomic mass is 9.90. The van der Waals surface area contributed by atoms with Gasteiger partial charge in [0, 0.05) is 6.16 Å². The second-order valence-electron chi connectivity index (χ2n) is 7.60. The molecule has 128 valence electrons. The van der Waals surface area contributed by atoms with Crippen LogP contribution in [-0.2, 0) is 9.47 Å². The first-order valence-corrected chi connectivity index (χ1v) is 10.0. The average molecular weight is 342 g/mol. The van der Waals surface area contributed by atoms with Crippen LogP contribution in [0, 0.1) is 0 Å². The molecule has 24 heavy (non-hydrogen) atoms. The minimum Gasteiger partial charge on any atom is -0.342 e. The average Bonchev–Trinajstić information content (AvgIpc) is 2.69. The molecule has 2 aromatic carbocycles. The summed E-state index contributed by atoms with van der Waals surface area (Å²) < 4.78 is 12.6. The molecule has 2 aromatic rings. The zero-order valence-corrected chi connectivity index (χ0v) is 16.1. The van der Waals surface area contributed by atoms with Crippen LogP contribution in [0.4, 0.5) is 0 Å². The van der Waals surface area contributed by atoms with Crippen LogP contribution in [0.3, 0.4) is 0 Å². The molecular formula is C21H27O2P. The molecular weight excluding hydrogens is 315 g/mol. The van der Waals surface area contributed by atoms with Gasteiger partial charge in [0.05, 0.1) is 5.60 Å². The summed E-state index contributed by atoms with van der Waals surface area (Å²) in [4.78, 5) is 0. The Labute approximate surface area is 146 Å². The molecule has 3 rings (SSSR count). The molecule has 1 heterocycles. The van der Waals surface area contributed by atoms with Crippen molar-refractivity contribution < 1.29 is 9.47 Å². The number of benzene rings is 2. The molecule has 0 spiro atoms. The van der Waals surface area contributed by atoms with Crippen LogP contribution in [0.1, 0.15) is 34.6 Å². The fourth-order valence-electron chi connectivity index (χ4n) is 3.48. The lowest BCUT2D eigenvalue weighted by Crippen LogP contribution is -2.48. The number of hydrogen-bond acceptors (Lipinski definition) is 2. The van der Waals surface area contributed by atoms with Crippen molar-refractivity contribution in [2.45, 2.75) is 51.6 Å².